The van der Waals surface area contributed by atoms with Crippen LogP contribution in [0.15, 0.2) is 17.0 Å². The third-order valence-corrected chi connectivity index (χ3v) is 3.63. The zero-order valence-electron chi connectivity index (χ0n) is 9.22. The van der Waals surface area contributed by atoms with Crippen molar-refractivity contribution in [3.8, 4) is 0 Å². The van der Waals surface area contributed by atoms with Gasteiger partial charge in [-0.1, -0.05) is 6.92 Å². The standard InChI is InChI=1S/C9H9F2O5PS/c1-2-6-7(10)3-4-8(11)9(6)18(13,14)16-5-15-17-12/h3-4H,2,5H2,1H3. The number of hydrogen-bond acceptors (Lipinski definition) is 5. The molecule has 0 atom stereocenters. The van der Waals surface area contributed by atoms with Crippen LogP contribution in [0.4, 0.5) is 8.78 Å². The molecule has 0 aliphatic heterocycles. The van der Waals surface area contributed by atoms with Crippen LogP contribution in [-0.4, -0.2) is 15.2 Å². The highest BCUT2D eigenvalue weighted by Crippen LogP contribution is 2.25. The van der Waals surface area contributed by atoms with Crippen molar-refractivity contribution >= 4 is 18.8 Å². The van der Waals surface area contributed by atoms with Gasteiger partial charge in [-0.15, -0.1) is 0 Å². The van der Waals surface area contributed by atoms with E-state index >= 15 is 0 Å². The SMILES string of the molecule is CCc1c(F)ccc(F)c1S(=O)(=O)OCOP=O. The molecule has 0 saturated heterocycles. The van der Waals surface area contributed by atoms with Gasteiger partial charge in [0.1, 0.15) is 16.5 Å². The van der Waals surface area contributed by atoms with E-state index in [1.54, 1.807) is 0 Å². The van der Waals surface area contributed by atoms with Crippen molar-refractivity contribution in [2.75, 3.05) is 6.79 Å². The summed E-state index contributed by atoms with van der Waals surface area (Å²) in [5.41, 5.74) is -0.310. The summed E-state index contributed by atoms with van der Waals surface area (Å²) in [6.07, 6.45) is -0.0256. The minimum atomic E-state index is -4.51. The molecule has 5 nitrogen and oxygen atoms in total. The van der Waals surface area contributed by atoms with E-state index in [0.717, 1.165) is 6.07 Å². The summed E-state index contributed by atoms with van der Waals surface area (Å²) in [7, 11) is -5.29. The minimum absolute atomic E-state index is 0.0256. The summed E-state index contributed by atoms with van der Waals surface area (Å²) >= 11 is 0. The number of rotatable bonds is 6. The Labute approximate surface area is 104 Å². The number of benzene rings is 1. The van der Waals surface area contributed by atoms with Crippen LogP contribution >= 0.6 is 8.69 Å². The molecule has 0 spiro atoms. The topological polar surface area (TPSA) is 69.7 Å². The Kier molecular flexibility index (Phi) is 5.28. The lowest BCUT2D eigenvalue weighted by Gasteiger charge is -2.10. The molecular weight excluding hydrogens is 289 g/mol. The second kappa shape index (κ2) is 6.29. The van der Waals surface area contributed by atoms with Gasteiger partial charge in [-0.05, 0) is 18.6 Å². The van der Waals surface area contributed by atoms with Gasteiger partial charge in [-0.25, -0.2) is 17.5 Å². The average molecular weight is 298 g/mol. The molecule has 0 amide bonds. The molecular formula is C9H9F2O5PS. The Bertz CT molecular complexity index is 546. The molecule has 0 heterocycles. The Balaban J connectivity index is 3.22. The van der Waals surface area contributed by atoms with Gasteiger partial charge >= 0.3 is 18.8 Å². The van der Waals surface area contributed by atoms with Crippen LogP contribution in [-0.2, 0) is 29.8 Å². The van der Waals surface area contributed by atoms with E-state index in [0.29, 0.717) is 6.07 Å². The molecule has 9 heteroatoms. The average Bonchev–Trinajstić information content (AvgIpc) is 2.31. The molecule has 0 unspecified atom stereocenters. The first-order valence-corrected chi connectivity index (χ1v) is 6.88. The highest BCUT2D eigenvalue weighted by molar-refractivity contribution is 7.86. The fraction of sp³-hybridized carbons (Fsp3) is 0.333. The molecule has 1 rings (SSSR count). The third-order valence-electron chi connectivity index (χ3n) is 2.07. The first-order valence-electron chi connectivity index (χ1n) is 4.75. The maximum Gasteiger partial charge on any atom is 0.329 e. The van der Waals surface area contributed by atoms with E-state index in [9.17, 15) is 21.8 Å². The normalized spacial score (nSPS) is 11.9. The predicted octanol–water partition coefficient (Wildman–Crippen LogP) is 2.41. The molecule has 18 heavy (non-hydrogen) atoms. The van der Waals surface area contributed by atoms with E-state index in [-0.39, 0.29) is 12.0 Å². The summed E-state index contributed by atoms with van der Waals surface area (Å²) in [6.45, 7) is 0.621. The maximum absolute atomic E-state index is 13.5. The third kappa shape index (κ3) is 3.29. The molecule has 1 aromatic carbocycles. The van der Waals surface area contributed by atoms with Crippen molar-refractivity contribution < 1.29 is 30.5 Å². The van der Waals surface area contributed by atoms with Crippen molar-refractivity contribution in [1.82, 2.24) is 0 Å². The first-order chi connectivity index (χ1) is 8.44. The zero-order valence-corrected chi connectivity index (χ0v) is 10.9. The fourth-order valence-electron chi connectivity index (χ4n) is 1.34. The van der Waals surface area contributed by atoms with Crippen LogP contribution in [0.25, 0.3) is 0 Å². The summed E-state index contributed by atoms with van der Waals surface area (Å²) in [5, 5.41) is 0. The Hall–Kier alpha value is -0.950. The fourth-order valence-corrected chi connectivity index (χ4v) is 2.65. The van der Waals surface area contributed by atoms with Crippen LogP contribution in [0, 0.1) is 11.6 Å². The van der Waals surface area contributed by atoms with E-state index in [1.165, 1.54) is 6.92 Å². The minimum Gasteiger partial charge on any atom is -0.265 e. The lowest BCUT2D eigenvalue weighted by Crippen LogP contribution is -2.13. The van der Waals surface area contributed by atoms with E-state index < -0.39 is 42.1 Å². The molecule has 0 fully saturated rings. The van der Waals surface area contributed by atoms with Crippen LogP contribution in [0.2, 0.25) is 0 Å². The first kappa shape index (κ1) is 15.1. The summed E-state index contributed by atoms with van der Waals surface area (Å²) in [5.74, 6) is -1.96. The van der Waals surface area contributed by atoms with E-state index in [1.807, 2.05) is 0 Å². The summed E-state index contributed by atoms with van der Waals surface area (Å²) in [4.78, 5) is -0.865. The quantitative estimate of drug-likeness (QED) is 0.349. The van der Waals surface area contributed by atoms with Crippen LogP contribution in [0.1, 0.15) is 12.5 Å². The van der Waals surface area contributed by atoms with Crippen LogP contribution in [0.3, 0.4) is 0 Å². The van der Waals surface area contributed by atoms with Gasteiger partial charge in [0, 0.05) is 5.56 Å². The van der Waals surface area contributed by atoms with Crippen LogP contribution < -0.4 is 0 Å². The summed E-state index contributed by atoms with van der Waals surface area (Å²) < 4.78 is 68.5. The molecule has 0 aromatic heterocycles. The second-order valence-electron chi connectivity index (χ2n) is 3.08. The molecule has 0 N–H and O–H groups in total. The lowest BCUT2D eigenvalue weighted by molar-refractivity contribution is 0.139. The largest absolute Gasteiger partial charge is 0.329 e. The molecule has 0 radical (unpaired) electrons. The Morgan fingerprint density at radius 3 is 2.44 bits per heavy atom. The van der Waals surface area contributed by atoms with Gasteiger partial charge in [0.2, 0.25) is 0 Å². The number of halogens is 2. The number of hydrogen-bond donors (Lipinski definition) is 0. The van der Waals surface area contributed by atoms with Crippen molar-refractivity contribution in [1.29, 1.82) is 0 Å². The molecule has 0 saturated carbocycles. The summed E-state index contributed by atoms with van der Waals surface area (Å²) in [6, 6.07) is 1.53. The predicted molar refractivity (Wildman–Crippen MR) is 57.6 cm³/mol. The van der Waals surface area contributed by atoms with Crippen molar-refractivity contribution in [3.63, 3.8) is 0 Å². The Morgan fingerprint density at radius 2 is 1.89 bits per heavy atom. The Morgan fingerprint density at radius 1 is 1.28 bits per heavy atom. The van der Waals surface area contributed by atoms with Crippen molar-refractivity contribution in [2.45, 2.75) is 18.2 Å². The van der Waals surface area contributed by atoms with Crippen molar-refractivity contribution in [3.05, 3.63) is 29.3 Å². The molecule has 1 aromatic rings. The van der Waals surface area contributed by atoms with Gasteiger partial charge in [-0.2, -0.15) is 8.42 Å². The van der Waals surface area contributed by atoms with E-state index in [2.05, 4.69) is 8.71 Å². The van der Waals surface area contributed by atoms with Crippen molar-refractivity contribution in [2.24, 2.45) is 0 Å². The van der Waals surface area contributed by atoms with Gasteiger partial charge in [0.05, 0.1) is 0 Å². The molecule has 0 bridgehead atoms. The van der Waals surface area contributed by atoms with Crippen LogP contribution in [0.5, 0.6) is 0 Å². The van der Waals surface area contributed by atoms with Gasteiger partial charge in [-0.3, -0.25) is 4.52 Å². The lowest BCUT2D eigenvalue weighted by atomic mass is 10.1. The molecule has 0 aliphatic carbocycles. The van der Waals surface area contributed by atoms with Gasteiger partial charge in [0.25, 0.3) is 0 Å². The van der Waals surface area contributed by atoms with Gasteiger partial charge < -0.3 is 0 Å². The highest BCUT2D eigenvalue weighted by Gasteiger charge is 2.26. The maximum atomic E-state index is 13.5. The van der Waals surface area contributed by atoms with Gasteiger partial charge in [0.15, 0.2) is 6.79 Å². The monoisotopic (exact) mass is 298 g/mol. The molecule has 0 aliphatic rings. The highest BCUT2D eigenvalue weighted by atomic mass is 32.2. The zero-order chi connectivity index (χ0) is 13.8. The smallest absolute Gasteiger partial charge is 0.265 e. The second-order valence-corrected chi connectivity index (χ2v) is 5.04. The van der Waals surface area contributed by atoms with E-state index in [4.69, 9.17) is 0 Å². The molecule has 100 valence electrons.